The third kappa shape index (κ3) is 5.24. The molecule has 0 bridgehead atoms. The van der Waals surface area contributed by atoms with E-state index in [1.165, 1.54) is 0 Å². The van der Waals surface area contributed by atoms with E-state index >= 15 is 0 Å². The topological polar surface area (TPSA) is 93.8 Å². The summed E-state index contributed by atoms with van der Waals surface area (Å²) in [6.45, 7) is 4.44. The van der Waals surface area contributed by atoms with Gasteiger partial charge in [-0.05, 0) is 26.0 Å². The fourth-order valence-corrected chi connectivity index (χ4v) is 1.84. The first-order valence-electron chi connectivity index (χ1n) is 6.92. The first-order valence-corrected chi connectivity index (χ1v) is 6.92. The van der Waals surface area contributed by atoms with Gasteiger partial charge in [0.05, 0.1) is 12.2 Å². The highest BCUT2D eigenvalue weighted by Crippen LogP contribution is 2.24. The Labute approximate surface area is 125 Å². The SMILES string of the molecule is CCOc1cccc(N)c1C(=O)NCC(C)(O)CCOC. The minimum atomic E-state index is -1.04. The highest BCUT2D eigenvalue weighted by Gasteiger charge is 2.23. The molecular weight excluding hydrogens is 272 g/mol. The van der Waals surface area contributed by atoms with Crippen molar-refractivity contribution in [3.63, 3.8) is 0 Å². The van der Waals surface area contributed by atoms with Crippen molar-refractivity contribution in [2.45, 2.75) is 25.9 Å². The molecule has 0 radical (unpaired) electrons. The average molecular weight is 296 g/mol. The van der Waals surface area contributed by atoms with Crippen LogP contribution in [0.25, 0.3) is 0 Å². The van der Waals surface area contributed by atoms with E-state index < -0.39 is 5.60 Å². The number of anilines is 1. The molecule has 0 aliphatic heterocycles. The Morgan fingerprint density at radius 2 is 2.19 bits per heavy atom. The number of methoxy groups -OCH3 is 1. The van der Waals surface area contributed by atoms with Crippen molar-refractivity contribution < 1.29 is 19.4 Å². The van der Waals surface area contributed by atoms with Crippen molar-refractivity contribution >= 4 is 11.6 Å². The minimum absolute atomic E-state index is 0.106. The number of hydrogen-bond acceptors (Lipinski definition) is 5. The molecule has 0 spiro atoms. The minimum Gasteiger partial charge on any atom is -0.493 e. The summed E-state index contributed by atoms with van der Waals surface area (Å²) in [4.78, 5) is 12.3. The van der Waals surface area contributed by atoms with Crippen LogP contribution in [0.1, 0.15) is 30.6 Å². The Kier molecular flexibility index (Phi) is 6.45. The van der Waals surface area contributed by atoms with Crippen LogP contribution >= 0.6 is 0 Å². The van der Waals surface area contributed by atoms with Gasteiger partial charge in [-0.2, -0.15) is 0 Å². The maximum atomic E-state index is 12.3. The van der Waals surface area contributed by atoms with Gasteiger partial charge in [-0.1, -0.05) is 6.07 Å². The first-order chi connectivity index (χ1) is 9.91. The molecular formula is C15H24N2O4. The van der Waals surface area contributed by atoms with E-state index in [0.29, 0.717) is 36.6 Å². The number of rotatable bonds is 8. The number of carbonyl (C=O) groups is 1. The number of aliphatic hydroxyl groups is 1. The third-order valence-corrected chi connectivity index (χ3v) is 3.06. The van der Waals surface area contributed by atoms with Crippen molar-refractivity contribution in [3.05, 3.63) is 23.8 Å². The van der Waals surface area contributed by atoms with E-state index in [1.807, 2.05) is 6.92 Å². The third-order valence-electron chi connectivity index (χ3n) is 3.06. The summed E-state index contributed by atoms with van der Waals surface area (Å²) in [6, 6.07) is 5.06. The van der Waals surface area contributed by atoms with Gasteiger partial charge in [-0.3, -0.25) is 4.79 Å². The van der Waals surface area contributed by atoms with Crippen LogP contribution in [-0.2, 0) is 4.74 Å². The summed E-state index contributed by atoms with van der Waals surface area (Å²) >= 11 is 0. The van der Waals surface area contributed by atoms with Crippen molar-refractivity contribution in [2.24, 2.45) is 0 Å². The number of carbonyl (C=O) groups excluding carboxylic acids is 1. The Balaban J connectivity index is 2.76. The van der Waals surface area contributed by atoms with Crippen molar-refractivity contribution in [1.82, 2.24) is 5.32 Å². The molecule has 1 atom stereocenters. The average Bonchev–Trinajstić information content (AvgIpc) is 2.43. The quantitative estimate of drug-likeness (QED) is 0.626. The largest absolute Gasteiger partial charge is 0.493 e. The van der Waals surface area contributed by atoms with Gasteiger partial charge in [0.2, 0.25) is 0 Å². The van der Waals surface area contributed by atoms with Crippen LogP contribution < -0.4 is 15.8 Å². The molecule has 1 rings (SSSR count). The van der Waals surface area contributed by atoms with Crippen LogP contribution in [-0.4, -0.2) is 43.5 Å². The van der Waals surface area contributed by atoms with Crippen LogP contribution in [0.2, 0.25) is 0 Å². The van der Waals surface area contributed by atoms with Gasteiger partial charge in [0.1, 0.15) is 11.3 Å². The summed E-state index contributed by atoms with van der Waals surface area (Å²) in [7, 11) is 1.56. The molecule has 0 heterocycles. The number of nitrogen functional groups attached to an aromatic ring is 1. The predicted octanol–water partition coefficient (Wildman–Crippen LogP) is 1.18. The molecule has 1 amide bonds. The van der Waals surface area contributed by atoms with E-state index in [4.69, 9.17) is 15.2 Å². The van der Waals surface area contributed by atoms with Crippen LogP contribution in [0.3, 0.4) is 0 Å². The zero-order valence-corrected chi connectivity index (χ0v) is 12.8. The molecule has 21 heavy (non-hydrogen) atoms. The van der Waals surface area contributed by atoms with E-state index in [2.05, 4.69) is 5.32 Å². The van der Waals surface area contributed by atoms with Gasteiger partial charge in [0.25, 0.3) is 5.91 Å². The van der Waals surface area contributed by atoms with E-state index in [-0.39, 0.29) is 12.5 Å². The lowest BCUT2D eigenvalue weighted by Crippen LogP contribution is -2.41. The lowest BCUT2D eigenvalue weighted by molar-refractivity contribution is 0.0243. The van der Waals surface area contributed by atoms with Crippen LogP contribution in [0.15, 0.2) is 18.2 Å². The smallest absolute Gasteiger partial charge is 0.257 e. The van der Waals surface area contributed by atoms with Crippen molar-refractivity contribution in [3.8, 4) is 5.75 Å². The standard InChI is InChI=1S/C15H24N2O4/c1-4-21-12-7-5-6-11(16)13(12)14(18)17-10-15(2,19)8-9-20-3/h5-7,19H,4,8-10,16H2,1-3H3,(H,17,18). The van der Waals surface area contributed by atoms with Gasteiger partial charge in [0, 0.05) is 32.4 Å². The second-order valence-electron chi connectivity index (χ2n) is 5.08. The van der Waals surface area contributed by atoms with Crippen LogP contribution in [0.4, 0.5) is 5.69 Å². The van der Waals surface area contributed by atoms with Gasteiger partial charge < -0.3 is 25.6 Å². The lowest BCUT2D eigenvalue weighted by Gasteiger charge is -2.23. The zero-order valence-electron chi connectivity index (χ0n) is 12.8. The number of hydrogen-bond donors (Lipinski definition) is 3. The summed E-state index contributed by atoms with van der Waals surface area (Å²) in [5.74, 6) is 0.0702. The zero-order chi connectivity index (χ0) is 15.9. The molecule has 0 aromatic heterocycles. The Bertz CT molecular complexity index is 475. The lowest BCUT2D eigenvalue weighted by atomic mass is 10.0. The fraction of sp³-hybridized carbons (Fsp3) is 0.533. The first kappa shape index (κ1) is 17.3. The Hall–Kier alpha value is -1.79. The molecule has 4 N–H and O–H groups in total. The summed E-state index contributed by atoms with van der Waals surface area (Å²) in [5, 5.41) is 12.8. The number of nitrogens with two attached hydrogens (primary N) is 1. The summed E-state index contributed by atoms with van der Waals surface area (Å²) < 4.78 is 10.3. The summed E-state index contributed by atoms with van der Waals surface area (Å²) in [5.41, 5.74) is 5.44. The highest BCUT2D eigenvalue weighted by atomic mass is 16.5. The monoisotopic (exact) mass is 296 g/mol. The number of benzene rings is 1. The van der Waals surface area contributed by atoms with E-state index in [1.54, 1.807) is 32.2 Å². The molecule has 118 valence electrons. The number of amides is 1. The second-order valence-corrected chi connectivity index (χ2v) is 5.08. The number of nitrogens with one attached hydrogen (secondary N) is 1. The van der Waals surface area contributed by atoms with Gasteiger partial charge in [-0.15, -0.1) is 0 Å². The Morgan fingerprint density at radius 3 is 2.81 bits per heavy atom. The molecule has 0 aliphatic rings. The van der Waals surface area contributed by atoms with E-state index in [9.17, 15) is 9.90 Å². The second kappa shape index (κ2) is 7.85. The van der Waals surface area contributed by atoms with E-state index in [0.717, 1.165) is 0 Å². The molecule has 6 nitrogen and oxygen atoms in total. The van der Waals surface area contributed by atoms with Gasteiger partial charge in [-0.25, -0.2) is 0 Å². The molecule has 0 saturated heterocycles. The predicted molar refractivity (Wildman–Crippen MR) is 81.5 cm³/mol. The molecule has 0 saturated carbocycles. The fourth-order valence-electron chi connectivity index (χ4n) is 1.84. The molecule has 0 aliphatic carbocycles. The molecule has 1 unspecified atom stereocenters. The maximum absolute atomic E-state index is 12.3. The van der Waals surface area contributed by atoms with Gasteiger partial charge >= 0.3 is 0 Å². The highest BCUT2D eigenvalue weighted by molar-refractivity contribution is 6.01. The van der Waals surface area contributed by atoms with Crippen LogP contribution in [0.5, 0.6) is 5.75 Å². The molecule has 1 aromatic carbocycles. The van der Waals surface area contributed by atoms with Crippen molar-refractivity contribution in [1.29, 1.82) is 0 Å². The van der Waals surface area contributed by atoms with Crippen LogP contribution in [0, 0.1) is 0 Å². The molecule has 1 aromatic rings. The normalized spacial score (nSPS) is 13.5. The molecule has 6 heteroatoms. The van der Waals surface area contributed by atoms with Crippen molar-refractivity contribution in [2.75, 3.05) is 32.6 Å². The van der Waals surface area contributed by atoms with Gasteiger partial charge in [0.15, 0.2) is 0 Å². The molecule has 0 fully saturated rings. The maximum Gasteiger partial charge on any atom is 0.257 e. The Morgan fingerprint density at radius 1 is 1.48 bits per heavy atom. The summed E-state index contributed by atoms with van der Waals surface area (Å²) in [6.07, 6.45) is 0.423. The number of ether oxygens (including phenoxy) is 2.